The first-order valence-electron chi connectivity index (χ1n) is 12.4. The predicted molar refractivity (Wildman–Crippen MR) is 134 cm³/mol. The van der Waals surface area contributed by atoms with Gasteiger partial charge in [-0.25, -0.2) is 24.7 Å². The molecule has 1 saturated heterocycles. The number of carboxylic acid groups (broad SMARTS) is 1. The molecule has 5 rings (SSSR count). The van der Waals surface area contributed by atoms with Gasteiger partial charge in [0.2, 0.25) is 5.95 Å². The lowest BCUT2D eigenvalue weighted by atomic mass is 9.85. The molecule has 2 fully saturated rings. The molecular weight excluding hydrogens is 446 g/mol. The van der Waals surface area contributed by atoms with Crippen molar-refractivity contribution >= 4 is 34.8 Å². The fourth-order valence-electron chi connectivity index (χ4n) is 5.48. The van der Waals surface area contributed by atoms with Crippen LogP contribution in [0.15, 0.2) is 29.5 Å². The Hall–Kier alpha value is -3.11. The summed E-state index contributed by atoms with van der Waals surface area (Å²) in [5, 5.41) is 22.9. The number of nitrogens with one attached hydrogen (secondary N) is 1. The van der Waals surface area contributed by atoms with E-state index in [9.17, 15) is 15.0 Å². The first-order valence-corrected chi connectivity index (χ1v) is 12.4. The van der Waals surface area contributed by atoms with Gasteiger partial charge in [0.05, 0.1) is 35.3 Å². The van der Waals surface area contributed by atoms with Gasteiger partial charge >= 0.3 is 5.97 Å². The van der Waals surface area contributed by atoms with Gasteiger partial charge in [-0.2, -0.15) is 0 Å². The number of aromatic nitrogens is 3. The second kappa shape index (κ2) is 9.50. The van der Waals surface area contributed by atoms with E-state index in [0.717, 1.165) is 57.5 Å². The van der Waals surface area contributed by atoms with Gasteiger partial charge in [-0.05, 0) is 44.7 Å². The zero-order valence-corrected chi connectivity index (χ0v) is 20.3. The molecule has 3 N–H and O–H groups in total. The number of aliphatic hydroxyl groups is 1. The molecule has 10 nitrogen and oxygen atoms in total. The van der Waals surface area contributed by atoms with E-state index < -0.39 is 11.6 Å². The zero-order valence-electron chi connectivity index (χ0n) is 20.3. The second-order valence-electron chi connectivity index (χ2n) is 10.4. The number of fused-ring (bicyclic) bond motifs is 1. The van der Waals surface area contributed by atoms with Crippen molar-refractivity contribution in [1.29, 1.82) is 0 Å². The third kappa shape index (κ3) is 5.28. The normalized spacial score (nSPS) is 21.2. The van der Waals surface area contributed by atoms with Crippen LogP contribution in [-0.2, 0) is 4.79 Å². The van der Waals surface area contributed by atoms with Crippen molar-refractivity contribution in [2.45, 2.75) is 51.0 Å². The van der Waals surface area contributed by atoms with Gasteiger partial charge in [-0.15, -0.1) is 0 Å². The SMILES string of the molecule is CC(C)(O)CN1CCN(c2ccc(Nc3ncc4c(n3)C(C3CCCC3)C(C(=O)O)=N4)nc2)CC1. The van der Waals surface area contributed by atoms with Crippen LogP contribution in [-0.4, -0.2) is 80.1 Å². The van der Waals surface area contributed by atoms with Crippen LogP contribution < -0.4 is 10.2 Å². The van der Waals surface area contributed by atoms with E-state index in [0.29, 0.717) is 29.7 Å². The van der Waals surface area contributed by atoms with Crippen LogP contribution in [0.4, 0.5) is 23.1 Å². The van der Waals surface area contributed by atoms with Crippen molar-refractivity contribution in [3.05, 3.63) is 30.2 Å². The van der Waals surface area contributed by atoms with E-state index >= 15 is 0 Å². The molecule has 0 amide bonds. The van der Waals surface area contributed by atoms with Crippen molar-refractivity contribution in [2.24, 2.45) is 10.9 Å². The molecule has 0 bridgehead atoms. The molecule has 1 saturated carbocycles. The number of carboxylic acids is 1. The average molecular weight is 480 g/mol. The Kier molecular flexibility index (Phi) is 6.41. The topological polar surface area (TPSA) is 127 Å². The molecule has 2 aromatic rings. The number of anilines is 3. The van der Waals surface area contributed by atoms with Crippen LogP contribution in [0, 0.1) is 5.92 Å². The lowest BCUT2D eigenvalue weighted by Gasteiger charge is -2.38. The van der Waals surface area contributed by atoms with Gasteiger partial charge in [-0.3, -0.25) is 4.90 Å². The molecule has 35 heavy (non-hydrogen) atoms. The number of aliphatic carboxylic acids is 1. The summed E-state index contributed by atoms with van der Waals surface area (Å²) in [5.41, 5.74) is 1.80. The van der Waals surface area contributed by atoms with E-state index in [1.807, 2.05) is 32.2 Å². The molecule has 1 unspecified atom stereocenters. The maximum atomic E-state index is 11.8. The van der Waals surface area contributed by atoms with Crippen LogP contribution in [0.2, 0.25) is 0 Å². The van der Waals surface area contributed by atoms with Crippen LogP contribution in [0.1, 0.15) is 51.1 Å². The molecular formula is C25H33N7O3. The van der Waals surface area contributed by atoms with Crippen molar-refractivity contribution in [3.63, 3.8) is 0 Å². The molecule has 10 heteroatoms. The lowest BCUT2D eigenvalue weighted by molar-refractivity contribution is -0.129. The van der Waals surface area contributed by atoms with Crippen molar-refractivity contribution in [2.75, 3.05) is 42.9 Å². The minimum absolute atomic E-state index is 0.184. The van der Waals surface area contributed by atoms with Crippen LogP contribution in [0.3, 0.4) is 0 Å². The molecule has 0 radical (unpaired) electrons. The number of pyridine rings is 1. The molecule has 1 atom stereocenters. The summed E-state index contributed by atoms with van der Waals surface area (Å²) in [5.74, 6) is 0.0277. The number of hydrogen-bond donors (Lipinski definition) is 3. The average Bonchev–Trinajstić information content (AvgIpc) is 3.46. The molecule has 0 spiro atoms. The molecule has 0 aromatic carbocycles. The first kappa shape index (κ1) is 23.6. The monoisotopic (exact) mass is 479 g/mol. The summed E-state index contributed by atoms with van der Waals surface area (Å²) < 4.78 is 0. The molecule has 186 valence electrons. The molecule has 1 aliphatic carbocycles. The van der Waals surface area contributed by atoms with E-state index in [1.165, 1.54) is 0 Å². The van der Waals surface area contributed by atoms with E-state index in [4.69, 9.17) is 0 Å². The Balaban J connectivity index is 1.25. The van der Waals surface area contributed by atoms with Gasteiger partial charge in [0.25, 0.3) is 0 Å². The summed E-state index contributed by atoms with van der Waals surface area (Å²) in [6, 6.07) is 3.93. The fourth-order valence-corrected chi connectivity index (χ4v) is 5.48. The fraction of sp³-hybridized carbons (Fsp3) is 0.560. The summed E-state index contributed by atoms with van der Waals surface area (Å²) in [7, 11) is 0. The maximum absolute atomic E-state index is 11.8. The van der Waals surface area contributed by atoms with Crippen molar-refractivity contribution < 1.29 is 15.0 Å². The smallest absolute Gasteiger partial charge is 0.350 e. The highest BCUT2D eigenvalue weighted by Crippen LogP contribution is 2.45. The van der Waals surface area contributed by atoms with E-state index in [1.54, 1.807) is 6.20 Å². The highest BCUT2D eigenvalue weighted by Gasteiger charge is 2.40. The zero-order chi connectivity index (χ0) is 24.6. The predicted octanol–water partition coefficient (Wildman–Crippen LogP) is 2.95. The molecule has 2 aromatic heterocycles. The number of aliphatic imine (C=N–C) groups is 1. The highest BCUT2D eigenvalue weighted by atomic mass is 16.4. The lowest BCUT2D eigenvalue weighted by Crippen LogP contribution is -2.50. The largest absolute Gasteiger partial charge is 0.477 e. The minimum Gasteiger partial charge on any atom is -0.477 e. The Bertz CT molecular complexity index is 1100. The molecule has 2 aliphatic heterocycles. The van der Waals surface area contributed by atoms with Gasteiger partial charge < -0.3 is 20.4 Å². The third-order valence-corrected chi connectivity index (χ3v) is 7.05. The maximum Gasteiger partial charge on any atom is 0.350 e. The Morgan fingerprint density at radius 3 is 2.49 bits per heavy atom. The number of nitrogens with zero attached hydrogens (tertiary/aromatic N) is 6. The van der Waals surface area contributed by atoms with Gasteiger partial charge in [0.1, 0.15) is 17.2 Å². The van der Waals surface area contributed by atoms with Crippen molar-refractivity contribution in [3.8, 4) is 0 Å². The number of piperazine rings is 1. The Morgan fingerprint density at radius 2 is 1.86 bits per heavy atom. The van der Waals surface area contributed by atoms with E-state index in [-0.39, 0.29) is 17.5 Å². The standard InChI is InChI=1S/C25H33N7O3/c1-25(2,35)15-31-9-11-32(12-10-31)17-7-8-19(26-13-17)29-24-27-14-18-21(30-24)20(16-5-3-4-6-16)22(28-18)23(33)34/h7-8,13-14,16,20,35H,3-6,9-12,15H2,1-2H3,(H,33,34)(H,26,27,29,30). The first-order chi connectivity index (χ1) is 16.8. The molecule has 3 aliphatic rings. The van der Waals surface area contributed by atoms with Gasteiger partial charge in [-0.1, -0.05) is 12.8 Å². The second-order valence-corrected chi connectivity index (χ2v) is 10.4. The number of β-amino-alcohol motifs (C(OH)–C–C–N with tert-alkyl or cyclic N) is 1. The van der Waals surface area contributed by atoms with Crippen LogP contribution >= 0.6 is 0 Å². The Labute approximate surface area is 205 Å². The minimum atomic E-state index is -0.979. The van der Waals surface area contributed by atoms with Crippen LogP contribution in [0.25, 0.3) is 0 Å². The third-order valence-electron chi connectivity index (χ3n) is 7.05. The number of rotatable bonds is 7. The molecule has 4 heterocycles. The van der Waals surface area contributed by atoms with E-state index in [2.05, 4.69) is 35.1 Å². The number of carbonyl (C=O) groups is 1. The van der Waals surface area contributed by atoms with Crippen molar-refractivity contribution in [1.82, 2.24) is 19.9 Å². The van der Waals surface area contributed by atoms with Gasteiger partial charge in [0.15, 0.2) is 0 Å². The quantitative estimate of drug-likeness (QED) is 0.549. The highest BCUT2D eigenvalue weighted by molar-refractivity contribution is 6.39. The number of hydrogen-bond acceptors (Lipinski definition) is 9. The van der Waals surface area contributed by atoms with Crippen LogP contribution in [0.5, 0.6) is 0 Å². The summed E-state index contributed by atoms with van der Waals surface area (Å²) >= 11 is 0. The Morgan fingerprint density at radius 1 is 1.11 bits per heavy atom. The summed E-state index contributed by atoms with van der Waals surface area (Å²) in [4.78, 5) is 34.3. The van der Waals surface area contributed by atoms with Gasteiger partial charge in [0, 0.05) is 32.7 Å². The summed E-state index contributed by atoms with van der Waals surface area (Å²) in [6.45, 7) is 7.91. The summed E-state index contributed by atoms with van der Waals surface area (Å²) in [6.07, 6.45) is 7.67.